The van der Waals surface area contributed by atoms with Crippen LogP contribution < -0.4 is 15.4 Å². The van der Waals surface area contributed by atoms with Gasteiger partial charge in [-0.1, -0.05) is 24.6 Å². The molecule has 1 aromatic carbocycles. The maximum atomic E-state index is 12.4. The molecular weight excluding hydrogens is 316 g/mol. The highest BCUT2D eigenvalue weighted by Gasteiger charge is 2.30. The first-order chi connectivity index (χ1) is 12.1. The molecule has 0 radical (unpaired) electrons. The number of amides is 2. The van der Waals surface area contributed by atoms with Gasteiger partial charge in [0.2, 0.25) is 0 Å². The van der Waals surface area contributed by atoms with Gasteiger partial charge in [-0.2, -0.15) is 5.10 Å². The van der Waals surface area contributed by atoms with Crippen molar-refractivity contribution in [3.8, 4) is 5.75 Å². The number of carbonyl (C=O) groups excluding carboxylic acids is 1. The summed E-state index contributed by atoms with van der Waals surface area (Å²) in [6.07, 6.45) is 3.66. The lowest BCUT2D eigenvalue weighted by molar-refractivity contribution is 0.244. The number of hydrogen-bond acceptors (Lipinski definition) is 3. The highest BCUT2D eigenvalue weighted by Crippen LogP contribution is 2.37. The first-order valence-electron chi connectivity index (χ1n) is 8.95. The Morgan fingerprint density at radius 2 is 2.16 bits per heavy atom. The molecule has 2 aromatic rings. The number of para-hydroxylation sites is 1. The number of aromatic nitrogens is 2. The molecule has 6 nitrogen and oxygen atoms in total. The minimum atomic E-state index is -0.208. The second kappa shape index (κ2) is 6.43. The Hall–Kier alpha value is -2.50. The molecule has 2 atom stereocenters. The second-order valence-corrected chi connectivity index (χ2v) is 7.05. The molecule has 2 heterocycles. The van der Waals surface area contributed by atoms with E-state index in [4.69, 9.17) is 4.74 Å². The van der Waals surface area contributed by atoms with Crippen LogP contribution in [0.5, 0.6) is 5.75 Å². The maximum Gasteiger partial charge on any atom is 0.320 e. The zero-order valence-corrected chi connectivity index (χ0v) is 14.7. The summed E-state index contributed by atoms with van der Waals surface area (Å²) in [6.45, 7) is 2.61. The number of hydrogen-bond donors (Lipinski definition) is 2. The van der Waals surface area contributed by atoms with E-state index in [1.807, 2.05) is 38.2 Å². The molecule has 2 N–H and O–H groups in total. The summed E-state index contributed by atoms with van der Waals surface area (Å²) in [5.74, 6) is 2.36. The van der Waals surface area contributed by atoms with Gasteiger partial charge in [-0.3, -0.25) is 10.00 Å². The van der Waals surface area contributed by atoms with E-state index >= 15 is 0 Å². The van der Waals surface area contributed by atoms with Crippen LogP contribution in [0.2, 0.25) is 0 Å². The summed E-state index contributed by atoms with van der Waals surface area (Å²) in [4.78, 5) is 12.4. The van der Waals surface area contributed by atoms with Gasteiger partial charge in [0.15, 0.2) is 0 Å². The molecule has 2 amide bonds. The van der Waals surface area contributed by atoms with E-state index in [9.17, 15) is 4.79 Å². The summed E-state index contributed by atoms with van der Waals surface area (Å²) >= 11 is 0. The minimum absolute atomic E-state index is 0.0250. The number of anilines is 1. The Balaban J connectivity index is 1.38. The van der Waals surface area contributed by atoms with Crippen molar-refractivity contribution in [2.45, 2.75) is 44.1 Å². The number of nitrogens with one attached hydrogen (secondary N) is 2. The Morgan fingerprint density at radius 1 is 1.36 bits per heavy atom. The maximum absolute atomic E-state index is 12.4. The standard InChI is InChI=1S/C19H24N4O2/c1-12(15-11-25-17-9-4-3-8-14(15)17)20-19(24)21-18-10-16(22-23(18)2)13-6-5-7-13/h3-4,8-10,12-13,15H,5-7,11H2,1-2H3,(H2,20,21,24)/t12-,15+/m1/s1. The molecule has 2 aliphatic rings. The first-order valence-corrected chi connectivity index (χ1v) is 8.95. The predicted octanol–water partition coefficient (Wildman–Crippen LogP) is 3.37. The van der Waals surface area contributed by atoms with E-state index in [1.54, 1.807) is 4.68 Å². The smallest absolute Gasteiger partial charge is 0.320 e. The Bertz CT molecular complexity index is 781. The lowest BCUT2D eigenvalue weighted by Crippen LogP contribution is -2.40. The number of fused-ring (bicyclic) bond motifs is 1. The lowest BCUT2D eigenvalue weighted by Gasteiger charge is -2.22. The third kappa shape index (κ3) is 3.08. The summed E-state index contributed by atoms with van der Waals surface area (Å²) in [5.41, 5.74) is 2.23. The molecule has 0 unspecified atom stereocenters. The molecule has 132 valence electrons. The van der Waals surface area contributed by atoms with E-state index in [0.29, 0.717) is 12.5 Å². The van der Waals surface area contributed by atoms with Crippen molar-refractivity contribution < 1.29 is 9.53 Å². The zero-order chi connectivity index (χ0) is 17.4. The van der Waals surface area contributed by atoms with Crippen LogP contribution in [0.25, 0.3) is 0 Å². The summed E-state index contributed by atoms with van der Waals surface area (Å²) in [5, 5.41) is 10.5. The molecular formula is C19H24N4O2. The van der Waals surface area contributed by atoms with E-state index in [2.05, 4.69) is 21.8 Å². The lowest BCUT2D eigenvalue weighted by atomic mass is 9.83. The van der Waals surface area contributed by atoms with Crippen LogP contribution in [0.4, 0.5) is 10.6 Å². The fraction of sp³-hybridized carbons (Fsp3) is 0.474. The van der Waals surface area contributed by atoms with Crippen molar-refractivity contribution in [1.29, 1.82) is 0 Å². The number of carbonyl (C=O) groups is 1. The average molecular weight is 340 g/mol. The van der Waals surface area contributed by atoms with Crippen molar-refractivity contribution in [2.24, 2.45) is 7.05 Å². The highest BCUT2D eigenvalue weighted by molar-refractivity contribution is 5.88. The van der Waals surface area contributed by atoms with E-state index in [-0.39, 0.29) is 18.0 Å². The quantitative estimate of drug-likeness (QED) is 0.896. The molecule has 1 aliphatic heterocycles. The van der Waals surface area contributed by atoms with Crippen molar-refractivity contribution in [3.05, 3.63) is 41.6 Å². The Morgan fingerprint density at radius 3 is 2.92 bits per heavy atom. The third-order valence-electron chi connectivity index (χ3n) is 5.36. The largest absolute Gasteiger partial charge is 0.493 e. The molecule has 25 heavy (non-hydrogen) atoms. The molecule has 6 heteroatoms. The van der Waals surface area contributed by atoms with Crippen LogP contribution in [-0.4, -0.2) is 28.5 Å². The Labute approximate surface area is 147 Å². The molecule has 1 saturated carbocycles. The number of rotatable bonds is 4. The van der Waals surface area contributed by atoms with Gasteiger partial charge in [-0.15, -0.1) is 0 Å². The van der Waals surface area contributed by atoms with Crippen molar-refractivity contribution in [1.82, 2.24) is 15.1 Å². The van der Waals surface area contributed by atoms with E-state index < -0.39 is 0 Å². The number of ether oxygens (including phenoxy) is 1. The molecule has 0 spiro atoms. The van der Waals surface area contributed by atoms with Gasteiger partial charge in [0, 0.05) is 36.6 Å². The number of aryl methyl sites for hydroxylation is 1. The van der Waals surface area contributed by atoms with Crippen LogP contribution in [0.1, 0.15) is 49.3 Å². The second-order valence-electron chi connectivity index (χ2n) is 7.05. The molecule has 0 saturated heterocycles. The number of nitrogens with zero attached hydrogens (tertiary/aromatic N) is 2. The summed E-state index contributed by atoms with van der Waals surface area (Å²) in [6, 6.07) is 9.76. The Kier molecular flexibility index (Phi) is 4.11. The van der Waals surface area contributed by atoms with Crippen LogP contribution in [-0.2, 0) is 7.05 Å². The average Bonchev–Trinajstić information content (AvgIpc) is 3.10. The molecule has 0 bridgehead atoms. The number of benzene rings is 1. The van der Waals surface area contributed by atoms with Crippen molar-refractivity contribution in [3.63, 3.8) is 0 Å². The first kappa shape index (κ1) is 16.0. The molecule has 1 fully saturated rings. The predicted molar refractivity (Wildman–Crippen MR) is 96.1 cm³/mol. The normalized spacial score (nSPS) is 20.3. The van der Waals surface area contributed by atoms with E-state index in [0.717, 1.165) is 22.8 Å². The topological polar surface area (TPSA) is 68.2 Å². The summed E-state index contributed by atoms with van der Waals surface area (Å²) < 4.78 is 7.46. The van der Waals surface area contributed by atoms with E-state index in [1.165, 1.54) is 19.3 Å². The van der Waals surface area contributed by atoms with Gasteiger partial charge in [-0.25, -0.2) is 4.79 Å². The fourth-order valence-corrected chi connectivity index (χ4v) is 3.57. The van der Waals surface area contributed by atoms with Crippen LogP contribution in [0, 0.1) is 0 Å². The van der Waals surface area contributed by atoms with Crippen LogP contribution in [0.3, 0.4) is 0 Å². The van der Waals surface area contributed by atoms with Crippen LogP contribution in [0.15, 0.2) is 30.3 Å². The minimum Gasteiger partial charge on any atom is -0.493 e. The zero-order valence-electron chi connectivity index (χ0n) is 14.7. The third-order valence-corrected chi connectivity index (χ3v) is 5.36. The highest BCUT2D eigenvalue weighted by atomic mass is 16.5. The molecule has 1 aromatic heterocycles. The number of urea groups is 1. The SMILES string of the molecule is C[C@@H](NC(=O)Nc1cc(C2CCC2)nn1C)[C@@H]1COc2ccccc21. The van der Waals surface area contributed by atoms with Gasteiger partial charge in [0.25, 0.3) is 0 Å². The van der Waals surface area contributed by atoms with Crippen molar-refractivity contribution in [2.75, 3.05) is 11.9 Å². The summed E-state index contributed by atoms with van der Waals surface area (Å²) in [7, 11) is 1.86. The van der Waals surface area contributed by atoms with Gasteiger partial charge < -0.3 is 10.1 Å². The van der Waals surface area contributed by atoms with Crippen LogP contribution >= 0.6 is 0 Å². The monoisotopic (exact) mass is 340 g/mol. The van der Waals surface area contributed by atoms with Gasteiger partial charge >= 0.3 is 6.03 Å². The molecule has 1 aliphatic carbocycles. The van der Waals surface area contributed by atoms with Gasteiger partial charge in [0.1, 0.15) is 11.6 Å². The van der Waals surface area contributed by atoms with Gasteiger partial charge in [0.05, 0.1) is 12.3 Å². The fourth-order valence-electron chi connectivity index (χ4n) is 3.57. The van der Waals surface area contributed by atoms with Gasteiger partial charge in [-0.05, 0) is 25.8 Å². The molecule has 4 rings (SSSR count). The van der Waals surface area contributed by atoms with Crippen molar-refractivity contribution >= 4 is 11.8 Å².